The van der Waals surface area contributed by atoms with E-state index in [4.69, 9.17) is 0 Å². The summed E-state index contributed by atoms with van der Waals surface area (Å²) in [5.41, 5.74) is 18.8. The summed E-state index contributed by atoms with van der Waals surface area (Å²) in [4.78, 5) is 0. The van der Waals surface area contributed by atoms with Crippen molar-refractivity contribution in [2.45, 2.75) is 31.1 Å². The highest BCUT2D eigenvalue weighted by molar-refractivity contribution is 6.02. The summed E-state index contributed by atoms with van der Waals surface area (Å²) in [5, 5.41) is 6.58. The van der Waals surface area contributed by atoms with Crippen LogP contribution < -0.4 is 5.32 Å². The van der Waals surface area contributed by atoms with E-state index in [9.17, 15) is 0 Å². The average molecular weight is 562 g/mol. The summed E-state index contributed by atoms with van der Waals surface area (Å²) < 4.78 is 0. The normalized spacial score (nSPS) is 15.8. The molecule has 0 atom stereocenters. The summed E-state index contributed by atoms with van der Waals surface area (Å²) in [6, 6.07) is 41.1. The molecule has 4 aliphatic carbocycles. The quantitative estimate of drug-likeness (QED) is 0.221. The Kier molecular flexibility index (Phi) is 4.94. The molecule has 4 aliphatic rings. The van der Waals surface area contributed by atoms with Crippen LogP contribution in [-0.2, 0) is 18.3 Å². The summed E-state index contributed by atoms with van der Waals surface area (Å²) in [6.07, 6.45) is 14.0. The summed E-state index contributed by atoms with van der Waals surface area (Å²) >= 11 is 0. The molecule has 0 saturated heterocycles. The van der Waals surface area contributed by atoms with E-state index in [1.165, 1.54) is 66.4 Å². The molecule has 0 unspecified atom stereocenters. The largest absolute Gasteiger partial charge is 0.355 e. The Bertz CT molecular complexity index is 2200. The van der Waals surface area contributed by atoms with Crippen LogP contribution in [0, 0.1) is 0 Å². The maximum Gasteiger partial charge on any atom is 0.0726 e. The minimum Gasteiger partial charge on any atom is -0.355 e. The van der Waals surface area contributed by atoms with E-state index >= 15 is 0 Å². The lowest BCUT2D eigenvalue weighted by molar-refractivity contribution is 0.794. The third kappa shape index (κ3) is 3.09. The fraction of sp³-hybridized carbons (Fsp3) is 0.116. The molecule has 44 heavy (non-hydrogen) atoms. The molecule has 0 amide bonds. The molecule has 0 bridgehead atoms. The van der Waals surface area contributed by atoms with Crippen LogP contribution in [0.2, 0.25) is 0 Å². The van der Waals surface area contributed by atoms with Crippen LogP contribution in [0.3, 0.4) is 0 Å². The summed E-state index contributed by atoms with van der Waals surface area (Å²) in [5.74, 6) is 0. The maximum absolute atomic E-state index is 3.85. The maximum atomic E-state index is 3.85. The second kappa shape index (κ2) is 8.94. The fourth-order valence-electron chi connectivity index (χ4n) is 8.88. The minimum absolute atomic E-state index is 0.324. The second-order valence-electron chi connectivity index (χ2n) is 12.7. The standard InChI is InChI=1S/C43H31N/c1-2-13-31-29(11-1)30-12-3-4-14-32(30)38-25-27(21-23-33(31)38)44-28-22-24-37-36-17-7-10-20-41(36)43(42(37)26-28)39-18-8-5-15-34(39)35-16-6-9-19-40(35)43/h2,4-10,13-26,44H,1,3,11-12H2. The van der Waals surface area contributed by atoms with Gasteiger partial charge in [-0.05, 0) is 127 Å². The third-order valence-electron chi connectivity index (χ3n) is 10.6. The van der Waals surface area contributed by atoms with Gasteiger partial charge < -0.3 is 5.32 Å². The minimum atomic E-state index is -0.324. The van der Waals surface area contributed by atoms with Crippen molar-refractivity contribution >= 4 is 34.3 Å². The zero-order valence-electron chi connectivity index (χ0n) is 24.5. The van der Waals surface area contributed by atoms with Crippen LogP contribution in [-0.4, -0.2) is 0 Å². The van der Waals surface area contributed by atoms with Gasteiger partial charge in [-0.3, -0.25) is 0 Å². The molecule has 1 N–H and O–H groups in total. The number of rotatable bonds is 2. The first kappa shape index (κ1) is 24.3. The van der Waals surface area contributed by atoms with Crippen molar-refractivity contribution < 1.29 is 0 Å². The smallest absolute Gasteiger partial charge is 0.0726 e. The van der Waals surface area contributed by atoms with Crippen LogP contribution in [0.4, 0.5) is 11.4 Å². The van der Waals surface area contributed by atoms with E-state index in [0.717, 1.165) is 37.1 Å². The zero-order valence-corrected chi connectivity index (χ0v) is 24.5. The molecular weight excluding hydrogens is 530 g/mol. The van der Waals surface area contributed by atoms with Crippen LogP contribution in [0.1, 0.15) is 57.3 Å². The van der Waals surface area contributed by atoms with Gasteiger partial charge in [0.2, 0.25) is 0 Å². The van der Waals surface area contributed by atoms with Crippen LogP contribution >= 0.6 is 0 Å². The molecule has 0 heterocycles. The summed E-state index contributed by atoms with van der Waals surface area (Å²) in [7, 11) is 0. The second-order valence-corrected chi connectivity index (χ2v) is 12.7. The van der Waals surface area contributed by atoms with Gasteiger partial charge in [-0.25, -0.2) is 0 Å². The van der Waals surface area contributed by atoms with Crippen molar-refractivity contribution in [1.29, 1.82) is 0 Å². The third-order valence-corrected chi connectivity index (χ3v) is 10.6. The number of benzene rings is 6. The van der Waals surface area contributed by atoms with Crippen molar-refractivity contribution in [1.82, 2.24) is 0 Å². The van der Waals surface area contributed by atoms with Crippen molar-refractivity contribution in [2.75, 3.05) is 5.32 Å². The number of fused-ring (bicyclic) bond motifs is 16. The Morgan fingerprint density at radius 3 is 1.57 bits per heavy atom. The van der Waals surface area contributed by atoms with Gasteiger partial charge in [-0.1, -0.05) is 109 Å². The molecule has 1 heteroatoms. The molecule has 6 aromatic carbocycles. The lowest BCUT2D eigenvalue weighted by Gasteiger charge is -2.30. The van der Waals surface area contributed by atoms with Crippen LogP contribution in [0.5, 0.6) is 0 Å². The molecule has 0 saturated carbocycles. The molecule has 6 aromatic rings. The Hall–Kier alpha value is -5.14. The van der Waals surface area contributed by atoms with Gasteiger partial charge in [-0.2, -0.15) is 0 Å². The lowest BCUT2D eigenvalue weighted by Crippen LogP contribution is -2.25. The van der Waals surface area contributed by atoms with E-state index in [0.29, 0.717) is 0 Å². The van der Waals surface area contributed by atoms with Crippen LogP contribution in [0.15, 0.2) is 121 Å². The van der Waals surface area contributed by atoms with Gasteiger partial charge in [0.05, 0.1) is 5.41 Å². The van der Waals surface area contributed by atoms with Crippen molar-refractivity contribution in [3.05, 3.63) is 166 Å². The molecule has 1 nitrogen and oxygen atoms in total. The Labute approximate surface area is 258 Å². The van der Waals surface area contributed by atoms with Gasteiger partial charge in [0.25, 0.3) is 0 Å². The number of hydrogen-bond donors (Lipinski definition) is 1. The zero-order chi connectivity index (χ0) is 28.8. The summed E-state index contributed by atoms with van der Waals surface area (Å²) in [6.45, 7) is 0. The molecule has 10 rings (SSSR count). The molecule has 208 valence electrons. The van der Waals surface area contributed by atoms with Gasteiger partial charge in [0.1, 0.15) is 0 Å². The highest BCUT2D eigenvalue weighted by Crippen LogP contribution is 2.63. The first-order valence-corrected chi connectivity index (χ1v) is 16.0. The average Bonchev–Trinajstić information content (AvgIpc) is 3.55. The van der Waals surface area contributed by atoms with Gasteiger partial charge in [0, 0.05) is 11.4 Å². The first-order valence-electron chi connectivity index (χ1n) is 16.0. The number of hydrogen-bond acceptors (Lipinski definition) is 1. The molecule has 1 spiro atoms. The number of nitrogens with one attached hydrogen (secondary N) is 1. The van der Waals surface area contributed by atoms with E-state index in [-0.39, 0.29) is 5.41 Å². The number of anilines is 2. The lowest BCUT2D eigenvalue weighted by atomic mass is 9.70. The van der Waals surface area contributed by atoms with E-state index < -0.39 is 0 Å². The number of allylic oxidation sites excluding steroid dienone is 2. The predicted molar refractivity (Wildman–Crippen MR) is 185 cm³/mol. The van der Waals surface area contributed by atoms with E-state index in [2.05, 4.69) is 139 Å². The molecule has 0 aliphatic heterocycles. The first-order chi connectivity index (χ1) is 21.8. The highest BCUT2D eigenvalue weighted by atomic mass is 14.9. The Balaban J connectivity index is 1.16. The van der Waals surface area contributed by atoms with Crippen molar-refractivity contribution in [3.8, 4) is 22.3 Å². The van der Waals surface area contributed by atoms with Gasteiger partial charge >= 0.3 is 0 Å². The molecule has 0 fully saturated rings. The van der Waals surface area contributed by atoms with Crippen molar-refractivity contribution in [2.24, 2.45) is 0 Å². The van der Waals surface area contributed by atoms with Crippen LogP contribution in [0.25, 0.3) is 45.2 Å². The fourth-order valence-corrected chi connectivity index (χ4v) is 8.88. The van der Waals surface area contributed by atoms with E-state index in [1.807, 2.05) is 0 Å². The molecule has 0 aromatic heterocycles. The SMILES string of the molecule is C1=Cc2c(c3c(c4cc(Nc5ccc6c(c5)C5(c7ccccc7-c7ccccc75)c5ccccc5-6)ccc24)C=CCC3)CC1. The van der Waals surface area contributed by atoms with Gasteiger partial charge in [0.15, 0.2) is 0 Å². The Morgan fingerprint density at radius 2 is 0.955 bits per heavy atom. The monoisotopic (exact) mass is 561 g/mol. The highest BCUT2D eigenvalue weighted by Gasteiger charge is 2.51. The van der Waals surface area contributed by atoms with Crippen molar-refractivity contribution in [3.63, 3.8) is 0 Å². The molecular formula is C43H31N. The molecule has 0 radical (unpaired) electrons. The predicted octanol–water partition coefficient (Wildman–Crippen LogP) is 10.8. The van der Waals surface area contributed by atoms with E-state index in [1.54, 1.807) is 11.1 Å². The van der Waals surface area contributed by atoms with Gasteiger partial charge in [-0.15, -0.1) is 0 Å². The topological polar surface area (TPSA) is 12.0 Å². The Morgan fingerprint density at radius 1 is 0.455 bits per heavy atom.